The second-order valence-electron chi connectivity index (χ2n) is 5.65. The molecule has 0 spiro atoms. The van der Waals surface area contributed by atoms with Crippen LogP contribution in [0.1, 0.15) is 24.8 Å². The number of rotatable bonds is 3. The monoisotopic (exact) mass is 275 g/mol. The van der Waals surface area contributed by atoms with Crippen LogP contribution in [0.4, 0.5) is 4.79 Å². The van der Waals surface area contributed by atoms with E-state index in [1.54, 1.807) is 4.90 Å². The van der Waals surface area contributed by atoms with Crippen LogP contribution in [-0.2, 0) is 16.1 Å². The predicted molar refractivity (Wildman–Crippen MR) is 71.0 cm³/mol. The number of nitrogens with zero attached hydrogens (tertiary/aromatic N) is 1. The van der Waals surface area contributed by atoms with Gasteiger partial charge in [0.25, 0.3) is 0 Å². The van der Waals surface area contributed by atoms with Crippen molar-refractivity contribution in [1.82, 2.24) is 4.90 Å². The van der Waals surface area contributed by atoms with Crippen LogP contribution in [0.3, 0.4) is 0 Å². The number of fused-ring (bicyclic) bond motifs is 2. The molecule has 3 rings (SSSR count). The topological polar surface area (TPSA) is 66.8 Å². The lowest BCUT2D eigenvalue weighted by Crippen LogP contribution is -2.42. The summed E-state index contributed by atoms with van der Waals surface area (Å²) >= 11 is 0. The van der Waals surface area contributed by atoms with Crippen molar-refractivity contribution in [2.24, 2.45) is 5.41 Å². The lowest BCUT2D eigenvalue weighted by Gasteiger charge is -2.29. The molecule has 1 saturated carbocycles. The van der Waals surface area contributed by atoms with Gasteiger partial charge in [0.2, 0.25) is 0 Å². The molecular formula is C15H17NO4. The molecule has 0 unspecified atom stereocenters. The van der Waals surface area contributed by atoms with Crippen molar-refractivity contribution in [2.45, 2.75) is 31.9 Å². The molecule has 106 valence electrons. The van der Waals surface area contributed by atoms with Crippen molar-refractivity contribution in [3.63, 3.8) is 0 Å². The van der Waals surface area contributed by atoms with E-state index in [-0.39, 0.29) is 19.2 Å². The highest BCUT2D eigenvalue weighted by molar-refractivity contribution is 5.79. The third-order valence-corrected chi connectivity index (χ3v) is 4.39. The van der Waals surface area contributed by atoms with E-state index in [2.05, 4.69) is 0 Å². The Morgan fingerprint density at radius 3 is 2.75 bits per heavy atom. The minimum Gasteiger partial charge on any atom is -0.481 e. The molecule has 1 amide bonds. The van der Waals surface area contributed by atoms with Gasteiger partial charge in [-0.3, -0.25) is 4.79 Å². The van der Waals surface area contributed by atoms with Gasteiger partial charge in [-0.25, -0.2) is 4.79 Å². The standard InChI is InChI=1S/C15H17NO4/c17-13(18)15-7-6-12(8-15)16(10-15)14(19)20-9-11-4-2-1-3-5-11/h1-5,12H,6-10H2,(H,17,18)/t12-,15-/m0/s1. The molecule has 0 radical (unpaired) electrons. The number of carboxylic acid groups (broad SMARTS) is 1. The van der Waals surface area contributed by atoms with Gasteiger partial charge in [-0.2, -0.15) is 0 Å². The Hall–Kier alpha value is -2.04. The molecule has 1 aliphatic heterocycles. The van der Waals surface area contributed by atoms with Crippen LogP contribution in [0.25, 0.3) is 0 Å². The number of carbonyl (C=O) groups is 2. The van der Waals surface area contributed by atoms with Gasteiger partial charge in [0.1, 0.15) is 6.61 Å². The number of piperidine rings is 1. The van der Waals surface area contributed by atoms with E-state index >= 15 is 0 Å². The van der Waals surface area contributed by atoms with Crippen LogP contribution in [0.15, 0.2) is 30.3 Å². The van der Waals surface area contributed by atoms with E-state index in [9.17, 15) is 14.7 Å². The lowest BCUT2D eigenvalue weighted by atomic mass is 9.88. The second-order valence-corrected chi connectivity index (χ2v) is 5.65. The zero-order chi connectivity index (χ0) is 14.2. The number of carboxylic acids is 1. The molecule has 2 bridgehead atoms. The van der Waals surface area contributed by atoms with Crippen LogP contribution in [-0.4, -0.2) is 34.7 Å². The maximum Gasteiger partial charge on any atom is 0.410 e. The van der Waals surface area contributed by atoms with Crippen molar-refractivity contribution < 1.29 is 19.4 Å². The molecule has 5 heteroatoms. The zero-order valence-corrected chi connectivity index (χ0v) is 11.1. The molecule has 20 heavy (non-hydrogen) atoms. The van der Waals surface area contributed by atoms with Crippen molar-refractivity contribution in [2.75, 3.05) is 6.54 Å². The number of carbonyl (C=O) groups excluding carboxylic acids is 1. The number of likely N-dealkylation sites (tertiary alicyclic amines) is 1. The average molecular weight is 275 g/mol. The first-order valence-corrected chi connectivity index (χ1v) is 6.81. The smallest absolute Gasteiger partial charge is 0.410 e. The van der Waals surface area contributed by atoms with Crippen LogP contribution in [0, 0.1) is 5.41 Å². The number of amides is 1. The van der Waals surface area contributed by atoms with Gasteiger partial charge in [0.05, 0.1) is 5.41 Å². The van der Waals surface area contributed by atoms with E-state index in [0.717, 1.165) is 12.0 Å². The molecule has 1 aliphatic carbocycles. The van der Waals surface area contributed by atoms with Crippen LogP contribution in [0.2, 0.25) is 0 Å². The fourth-order valence-corrected chi connectivity index (χ4v) is 3.24. The maximum atomic E-state index is 12.1. The van der Waals surface area contributed by atoms with Crippen LogP contribution >= 0.6 is 0 Å². The Morgan fingerprint density at radius 2 is 2.10 bits per heavy atom. The molecule has 5 nitrogen and oxygen atoms in total. The van der Waals surface area contributed by atoms with E-state index in [1.807, 2.05) is 30.3 Å². The molecule has 1 saturated heterocycles. The van der Waals surface area contributed by atoms with Crippen molar-refractivity contribution in [1.29, 1.82) is 0 Å². The second kappa shape index (κ2) is 4.81. The molecule has 1 heterocycles. The summed E-state index contributed by atoms with van der Waals surface area (Å²) in [7, 11) is 0. The van der Waals surface area contributed by atoms with Gasteiger partial charge in [-0.15, -0.1) is 0 Å². The highest BCUT2D eigenvalue weighted by Crippen LogP contribution is 2.48. The highest BCUT2D eigenvalue weighted by Gasteiger charge is 2.56. The summed E-state index contributed by atoms with van der Waals surface area (Å²) in [4.78, 5) is 25.0. The summed E-state index contributed by atoms with van der Waals surface area (Å²) < 4.78 is 5.28. The van der Waals surface area contributed by atoms with Crippen LogP contribution in [0.5, 0.6) is 0 Å². The van der Waals surface area contributed by atoms with Crippen molar-refractivity contribution in [3.05, 3.63) is 35.9 Å². The summed E-state index contributed by atoms with van der Waals surface area (Å²) in [5.74, 6) is -0.793. The van der Waals surface area contributed by atoms with Crippen LogP contribution < -0.4 is 0 Å². The maximum absolute atomic E-state index is 12.1. The Morgan fingerprint density at radius 1 is 1.35 bits per heavy atom. The first kappa shape index (κ1) is 13.0. The number of hydrogen-bond donors (Lipinski definition) is 1. The molecule has 2 atom stereocenters. The number of aliphatic carboxylic acids is 1. The van der Waals surface area contributed by atoms with Gasteiger partial charge >= 0.3 is 12.1 Å². The summed E-state index contributed by atoms with van der Waals surface area (Å²) in [6, 6.07) is 9.49. The fourth-order valence-electron chi connectivity index (χ4n) is 3.24. The average Bonchev–Trinajstić information content (AvgIpc) is 3.05. The third-order valence-electron chi connectivity index (χ3n) is 4.39. The minimum absolute atomic E-state index is 0.0226. The zero-order valence-electron chi connectivity index (χ0n) is 11.1. The number of hydrogen-bond acceptors (Lipinski definition) is 3. The Labute approximate surface area is 117 Å². The summed E-state index contributed by atoms with van der Waals surface area (Å²) in [6.45, 7) is 0.504. The van der Waals surface area contributed by atoms with Crippen molar-refractivity contribution in [3.8, 4) is 0 Å². The summed E-state index contributed by atoms with van der Waals surface area (Å²) in [5.41, 5.74) is 0.189. The molecule has 2 fully saturated rings. The molecule has 1 aromatic rings. The van der Waals surface area contributed by atoms with E-state index < -0.39 is 17.5 Å². The quantitative estimate of drug-likeness (QED) is 0.918. The predicted octanol–water partition coefficient (Wildman–Crippen LogP) is 2.26. The molecule has 1 aromatic carbocycles. The Balaban J connectivity index is 1.61. The Kier molecular flexibility index (Phi) is 3.12. The first-order chi connectivity index (χ1) is 9.61. The first-order valence-electron chi connectivity index (χ1n) is 6.81. The highest BCUT2D eigenvalue weighted by atomic mass is 16.6. The lowest BCUT2D eigenvalue weighted by molar-refractivity contribution is -0.148. The third kappa shape index (κ3) is 2.13. The van der Waals surface area contributed by atoms with E-state index in [0.29, 0.717) is 12.8 Å². The van der Waals surface area contributed by atoms with Gasteiger partial charge in [0, 0.05) is 12.6 Å². The molecule has 1 N–H and O–H groups in total. The number of benzene rings is 1. The van der Waals surface area contributed by atoms with E-state index in [4.69, 9.17) is 4.74 Å². The summed E-state index contributed by atoms with van der Waals surface area (Å²) in [5, 5.41) is 9.32. The molecule has 0 aromatic heterocycles. The Bertz CT molecular complexity index is 530. The fraction of sp³-hybridized carbons (Fsp3) is 0.467. The largest absolute Gasteiger partial charge is 0.481 e. The van der Waals surface area contributed by atoms with Gasteiger partial charge in [-0.05, 0) is 24.8 Å². The number of ether oxygens (including phenoxy) is 1. The summed E-state index contributed by atoms with van der Waals surface area (Å²) in [6.07, 6.45) is 1.58. The van der Waals surface area contributed by atoms with Gasteiger partial charge < -0.3 is 14.7 Å². The normalized spacial score (nSPS) is 27.6. The molecular weight excluding hydrogens is 258 g/mol. The van der Waals surface area contributed by atoms with E-state index in [1.165, 1.54) is 0 Å². The minimum atomic E-state index is -0.793. The van der Waals surface area contributed by atoms with Gasteiger partial charge in [0.15, 0.2) is 0 Å². The van der Waals surface area contributed by atoms with Crippen molar-refractivity contribution >= 4 is 12.1 Å². The molecule has 2 aliphatic rings. The van der Waals surface area contributed by atoms with Gasteiger partial charge in [-0.1, -0.05) is 30.3 Å². The SMILES string of the molecule is O=C(OCc1ccccc1)N1C[C@]2(C(=O)O)CC[C@H]1C2.